The number of esters is 1. The van der Waals surface area contributed by atoms with E-state index in [0.717, 1.165) is 12.3 Å². The van der Waals surface area contributed by atoms with E-state index < -0.39 is 27.8 Å². The van der Waals surface area contributed by atoms with Crippen LogP contribution in [-0.4, -0.2) is 50.9 Å². The van der Waals surface area contributed by atoms with E-state index >= 15 is 0 Å². The van der Waals surface area contributed by atoms with Crippen LogP contribution in [0.5, 0.6) is 5.75 Å². The molecule has 188 valence electrons. The van der Waals surface area contributed by atoms with Gasteiger partial charge in [0.25, 0.3) is 21.8 Å². The lowest BCUT2D eigenvalue weighted by atomic mass is 10.2. The fraction of sp³-hybridized carbons (Fsp3) is 0.200. The number of amides is 2. The van der Waals surface area contributed by atoms with Crippen molar-refractivity contribution in [2.24, 2.45) is 0 Å². The van der Waals surface area contributed by atoms with Gasteiger partial charge in [-0.3, -0.25) is 9.59 Å². The molecule has 3 aromatic rings. The first kappa shape index (κ1) is 26.4. The summed E-state index contributed by atoms with van der Waals surface area (Å²) in [6.07, 6.45) is 1.73. The Hall–Kier alpha value is -4.25. The molecule has 0 bridgehead atoms. The first-order chi connectivity index (χ1) is 17.3. The maximum Gasteiger partial charge on any atom is 0.356 e. The SMILES string of the molecule is CCCOC(=O)c1ccc(C(=O)NS(=O)(=O)c2cccc(C(=O)NCCOc3ccccc3)c2)cn1. The molecule has 1 heterocycles. The summed E-state index contributed by atoms with van der Waals surface area (Å²) in [5.74, 6) is -1.41. The zero-order chi connectivity index (χ0) is 26.0. The lowest BCUT2D eigenvalue weighted by Gasteiger charge is -2.10. The van der Waals surface area contributed by atoms with Crippen molar-refractivity contribution in [1.82, 2.24) is 15.0 Å². The second kappa shape index (κ2) is 12.5. The molecule has 0 radical (unpaired) electrons. The molecule has 11 heteroatoms. The van der Waals surface area contributed by atoms with E-state index in [-0.39, 0.29) is 41.5 Å². The summed E-state index contributed by atoms with van der Waals surface area (Å²) in [7, 11) is -4.29. The van der Waals surface area contributed by atoms with Gasteiger partial charge in [-0.1, -0.05) is 31.2 Å². The summed E-state index contributed by atoms with van der Waals surface area (Å²) < 4.78 is 37.8. The van der Waals surface area contributed by atoms with Gasteiger partial charge in [-0.05, 0) is 48.9 Å². The Bertz CT molecular complexity index is 1310. The number of pyridine rings is 1. The number of sulfonamides is 1. The topological polar surface area (TPSA) is 141 Å². The molecule has 0 aliphatic heterocycles. The van der Waals surface area contributed by atoms with Gasteiger partial charge in [0.15, 0.2) is 0 Å². The molecule has 2 amide bonds. The van der Waals surface area contributed by atoms with Crippen LogP contribution < -0.4 is 14.8 Å². The van der Waals surface area contributed by atoms with Crippen LogP contribution in [0.3, 0.4) is 0 Å². The Kier molecular flexibility index (Phi) is 9.12. The van der Waals surface area contributed by atoms with Gasteiger partial charge in [0, 0.05) is 11.8 Å². The van der Waals surface area contributed by atoms with Crippen molar-refractivity contribution in [2.75, 3.05) is 19.8 Å². The largest absolute Gasteiger partial charge is 0.492 e. The van der Waals surface area contributed by atoms with Crippen molar-refractivity contribution in [3.8, 4) is 5.75 Å². The normalized spacial score (nSPS) is 10.8. The second-order valence-electron chi connectivity index (χ2n) is 7.45. The molecule has 36 heavy (non-hydrogen) atoms. The molecule has 2 aromatic carbocycles. The number of hydrogen-bond donors (Lipinski definition) is 2. The van der Waals surface area contributed by atoms with Gasteiger partial charge in [-0.2, -0.15) is 0 Å². The summed E-state index contributed by atoms with van der Waals surface area (Å²) >= 11 is 0. The van der Waals surface area contributed by atoms with E-state index in [1.165, 1.54) is 30.3 Å². The van der Waals surface area contributed by atoms with Gasteiger partial charge in [0.1, 0.15) is 18.1 Å². The molecule has 0 saturated carbocycles. The molecule has 0 aliphatic carbocycles. The quantitative estimate of drug-likeness (QED) is 0.296. The van der Waals surface area contributed by atoms with Crippen LogP contribution in [0, 0.1) is 0 Å². The second-order valence-corrected chi connectivity index (χ2v) is 9.13. The third-order valence-corrected chi connectivity index (χ3v) is 6.03. The Labute approximate surface area is 208 Å². The molecule has 0 fully saturated rings. The predicted octanol–water partition coefficient (Wildman–Crippen LogP) is 2.58. The maximum absolute atomic E-state index is 12.7. The number of nitrogens with zero attached hydrogens (tertiary/aromatic N) is 1. The van der Waals surface area contributed by atoms with Crippen molar-refractivity contribution < 1.29 is 32.3 Å². The highest BCUT2D eigenvalue weighted by Gasteiger charge is 2.21. The van der Waals surface area contributed by atoms with Crippen molar-refractivity contribution in [3.63, 3.8) is 0 Å². The van der Waals surface area contributed by atoms with Crippen LogP contribution in [0.1, 0.15) is 44.5 Å². The van der Waals surface area contributed by atoms with E-state index in [9.17, 15) is 22.8 Å². The third-order valence-electron chi connectivity index (χ3n) is 4.71. The Morgan fingerprint density at radius 2 is 1.67 bits per heavy atom. The molecule has 3 rings (SSSR count). The van der Waals surface area contributed by atoms with Crippen LogP contribution in [0.25, 0.3) is 0 Å². The summed E-state index contributed by atoms with van der Waals surface area (Å²) in [6, 6.07) is 16.9. The van der Waals surface area contributed by atoms with Crippen LogP contribution >= 0.6 is 0 Å². The van der Waals surface area contributed by atoms with Crippen LogP contribution in [0.2, 0.25) is 0 Å². The molecule has 2 N–H and O–H groups in total. The van der Waals surface area contributed by atoms with Crippen molar-refractivity contribution in [1.29, 1.82) is 0 Å². The Balaban J connectivity index is 1.59. The zero-order valence-corrected chi connectivity index (χ0v) is 20.3. The highest BCUT2D eigenvalue weighted by molar-refractivity contribution is 7.90. The predicted molar refractivity (Wildman–Crippen MR) is 130 cm³/mol. The minimum atomic E-state index is -4.29. The number of nitrogens with one attached hydrogen (secondary N) is 2. The number of carbonyl (C=O) groups is 3. The minimum absolute atomic E-state index is 0.00395. The van der Waals surface area contributed by atoms with Gasteiger partial charge in [0.05, 0.1) is 23.6 Å². The summed E-state index contributed by atoms with van der Waals surface area (Å²) in [6.45, 7) is 2.52. The minimum Gasteiger partial charge on any atom is -0.492 e. The summed E-state index contributed by atoms with van der Waals surface area (Å²) in [5, 5.41) is 2.65. The lowest BCUT2D eigenvalue weighted by Crippen LogP contribution is -2.31. The van der Waals surface area contributed by atoms with Gasteiger partial charge >= 0.3 is 5.97 Å². The van der Waals surface area contributed by atoms with Crippen molar-refractivity contribution in [3.05, 3.63) is 89.7 Å². The Morgan fingerprint density at radius 1 is 0.889 bits per heavy atom. The fourth-order valence-electron chi connectivity index (χ4n) is 2.91. The summed E-state index contributed by atoms with van der Waals surface area (Å²) in [4.78, 5) is 40.3. The number of aromatic nitrogens is 1. The number of rotatable bonds is 11. The lowest BCUT2D eigenvalue weighted by molar-refractivity contribution is 0.0497. The van der Waals surface area contributed by atoms with E-state index in [2.05, 4.69) is 10.3 Å². The standard InChI is InChI=1S/C25H25N3O7S/c1-2-14-35-25(31)22-12-11-19(17-27-22)24(30)28-36(32,33)21-10-6-7-18(16-21)23(29)26-13-15-34-20-8-4-3-5-9-20/h3-12,16-17H,2,13-15H2,1H3,(H,26,29)(H,28,30). The van der Waals surface area contributed by atoms with E-state index in [1.54, 1.807) is 12.1 Å². The molecule has 0 aliphatic rings. The highest BCUT2D eigenvalue weighted by atomic mass is 32.2. The molecular weight excluding hydrogens is 486 g/mol. The monoisotopic (exact) mass is 511 g/mol. The van der Waals surface area contributed by atoms with Gasteiger partial charge < -0.3 is 14.8 Å². The molecule has 0 saturated heterocycles. The average Bonchev–Trinajstić information content (AvgIpc) is 2.90. The molecular formula is C25H25N3O7S. The van der Waals surface area contributed by atoms with Gasteiger partial charge in [-0.15, -0.1) is 0 Å². The zero-order valence-electron chi connectivity index (χ0n) is 19.5. The van der Waals surface area contributed by atoms with Crippen LogP contribution in [-0.2, 0) is 14.8 Å². The number of hydrogen-bond acceptors (Lipinski definition) is 8. The van der Waals surface area contributed by atoms with Gasteiger partial charge in [0.2, 0.25) is 0 Å². The molecule has 10 nitrogen and oxygen atoms in total. The molecule has 0 unspecified atom stereocenters. The number of carbonyl (C=O) groups excluding carboxylic acids is 3. The first-order valence-corrected chi connectivity index (χ1v) is 12.5. The first-order valence-electron chi connectivity index (χ1n) is 11.1. The van der Waals surface area contributed by atoms with E-state index in [4.69, 9.17) is 9.47 Å². The molecule has 0 atom stereocenters. The Morgan fingerprint density at radius 3 is 2.36 bits per heavy atom. The van der Waals surface area contributed by atoms with Crippen LogP contribution in [0.15, 0.2) is 77.8 Å². The molecule has 0 spiro atoms. The number of ether oxygens (including phenoxy) is 2. The van der Waals surface area contributed by atoms with Crippen LogP contribution in [0.4, 0.5) is 0 Å². The van der Waals surface area contributed by atoms with E-state index in [0.29, 0.717) is 12.2 Å². The maximum atomic E-state index is 12.7. The third kappa shape index (κ3) is 7.37. The fourth-order valence-corrected chi connectivity index (χ4v) is 3.93. The van der Waals surface area contributed by atoms with Crippen molar-refractivity contribution >= 4 is 27.8 Å². The summed E-state index contributed by atoms with van der Waals surface area (Å²) in [5.41, 5.74) is 0.0234. The number of benzene rings is 2. The average molecular weight is 512 g/mol. The molecule has 1 aromatic heterocycles. The highest BCUT2D eigenvalue weighted by Crippen LogP contribution is 2.13. The van der Waals surface area contributed by atoms with Crippen molar-refractivity contribution in [2.45, 2.75) is 18.2 Å². The van der Waals surface area contributed by atoms with Gasteiger partial charge in [-0.25, -0.2) is 22.9 Å². The van der Waals surface area contributed by atoms with E-state index in [1.807, 2.05) is 29.8 Å². The smallest absolute Gasteiger partial charge is 0.356 e. The number of para-hydroxylation sites is 1.